The average Bonchev–Trinajstić information content (AvgIpc) is 2.89. The van der Waals surface area contributed by atoms with Crippen LogP contribution in [0.5, 0.6) is 0 Å². The summed E-state index contributed by atoms with van der Waals surface area (Å²) < 4.78 is 0. The van der Waals surface area contributed by atoms with Gasteiger partial charge in [0, 0.05) is 11.1 Å². The molecule has 0 bridgehead atoms. The zero-order chi connectivity index (χ0) is 15.8. The molecular formula is C14H29N3S2. The van der Waals surface area contributed by atoms with Gasteiger partial charge < -0.3 is 5.73 Å². The molecule has 0 atom stereocenters. The predicted octanol–water partition coefficient (Wildman–Crippen LogP) is 5.07. The Kier molecular flexibility index (Phi) is 21.1. The number of hydrogen-bond acceptors (Lipinski definition) is 5. The van der Waals surface area contributed by atoms with Crippen LogP contribution >= 0.6 is 23.1 Å². The van der Waals surface area contributed by atoms with Gasteiger partial charge in [0.15, 0.2) is 0 Å². The Morgan fingerprint density at radius 3 is 2.00 bits per heavy atom. The molecule has 0 aliphatic heterocycles. The molecule has 0 aliphatic rings. The van der Waals surface area contributed by atoms with Crippen molar-refractivity contribution < 1.29 is 0 Å². The molecule has 19 heavy (non-hydrogen) atoms. The number of hydrogen-bond donors (Lipinski definition) is 1. The van der Waals surface area contributed by atoms with Gasteiger partial charge in [0.1, 0.15) is 15.9 Å². The molecule has 0 aliphatic carbocycles. The molecule has 112 valence electrons. The number of nitrogens with two attached hydrogens (primary N) is 1. The Balaban J connectivity index is -0.000000375. The van der Waals surface area contributed by atoms with Gasteiger partial charge in [-0.1, -0.05) is 48.1 Å². The van der Waals surface area contributed by atoms with E-state index >= 15 is 0 Å². The zero-order valence-electron chi connectivity index (χ0n) is 13.6. The molecule has 1 aromatic rings. The quantitative estimate of drug-likeness (QED) is 0.613. The maximum Gasteiger partial charge on any atom is 0.148 e. The molecule has 2 N–H and O–H groups in total. The Hall–Kier alpha value is -0.810. The van der Waals surface area contributed by atoms with Crippen LogP contribution in [-0.4, -0.2) is 16.3 Å². The first-order valence-electron chi connectivity index (χ1n) is 6.63. The molecular weight excluding hydrogens is 274 g/mol. The van der Waals surface area contributed by atoms with E-state index in [1.165, 1.54) is 16.6 Å². The van der Waals surface area contributed by atoms with Crippen LogP contribution in [0.3, 0.4) is 0 Å². The summed E-state index contributed by atoms with van der Waals surface area (Å²) in [6, 6.07) is 0. The van der Waals surface area contributed by atoms with Gasteiger partial charge in [-0.15, -0.1) is 23.1 Å². The van der Waals surface area contributed by atoms with E-state index < -0.39 is 0 Å². The molecule has 1 aromatic heterocycles. The van der Waals surface area contributed by atoms with Gasteiger partial charge in [0.25, 0.3) is 0 Å². The van der Waals surface area contributed by atoms with Gasteiger partial charge in [-0.05, 0) is 13.2 Å². The van der Waals surface area contributed by atoms with Crippen molar-refractivity contribution in [2.75, 3.05) is 6.26 Å². The van der Waals surface area contributed by atoms with Crippen molar-refractivity contribution in [1.29, 1.82) is 0 Å². The number of nitrogens with zero attached hydrogens (tertiary/aromatic N) is 2. The second-order valence-electron chi connectivity index (χ2n) is 2.39. The maximum atomic E-state index is 5.39. The van der Waals surface area contributed by atoms with Gasteiger partial charge >= 0.3 is 0 Å². The standard InChI is InChI=1S/C8H11N3S2.3C2H6/c1-5-4-10-7(13-5)8(12-3)11-6(2)9;3*1-2/h4H,2,9H2,1,3H3;3*1-2H3/b11-8-;;;. The fourth-order valence-corrected chi connectivity index (χ4v) is 2.22. The molecule has 3 nitrogen and oxygen atoms in total. The molecule has 1 heterocycles. The highest BCUT2D eigenvalue weighted by molar-refractivity contribution is 8.14. The fraction of sp³-hybridized carbons (Fsp3) is 0.571. The highest BCUT2D eigenvalue weighted by atomic mass is 32.2. The molecule has 0 spiro atoms. The van der Waals surface area contributed by atoms with Crippen molar-refractivity contribution >= 4 is 28.1 Å². The smallest absolute Gasteiger partial charge is 0.148 e. The predicted molar refractivity (Wildman–Crippen MR) is 94.3 cm³/mol. The summed E-state index contributed by atoms with van der Waals surface area (Å²) in [6.45, 7) is 17.5. The summed E-state index contributed by atoms with van der Waals surface area (Å²) in [7, 11) is 0. The van der Waals surface area contributed by atoms with Crippen LogP contribution < -0.4 is 5.73 Å². The molecule has 0 fully saturated rings. The van der Waals surface area contributed by atoms with Crippen molar-refractivity contribution in [3.63, 3.8) is 0 Å². The fourth-order valence-electron chi connectivity index (χ4n) is 0.765. The molecule has 0 unspecified atom stereocenters. The first-order valence-corrected chi connectivity index (χ1v) is 8.67. The van der Waals surface area contributed by atoms with Crippen molar-refractivity contribution in [3.8, 4) is 0 Å². The lowest BCUT2D eigenvalue weighted by atomic mass is 10.6. The van der Waals surface area contributed by atoms with Gasteiger partial charge in [-0.25, -0.2) is 9.98 Å². The van der Waals surface area contributed by atoms with Crippen LogP contribution in [-0.2, 0) is 0 Å². The van der Waals surface area contributed by atoms with Crippen LogP contribution in [0, 0.1) is 6.92 Å². The Bertz CT molecular complexity index is 344. The SMILES string of the molecule is C=C(N)/N=C(\SC)c1ncc(C)s1.CC.CC.CC. The van der Waals surface area contributed by atoms with E-state index in [-0.39, 0.29) is 0 Å². The lowest BCUT2D eigenvalue weighted by Gasteiger charge is -1.97. The van der Waals surface area contributed by atoms with Gasteiger partial charge in [0.2, 0.25) is 0 Å². The van der Waals surface area contributed by atoms with E-state index in [0.717, 1.165) is 10.1 Å². The molecule has 1 rings (SSSR count). The van der Waals surface area contributed by atoms with Crippen molar-refractivity contribution in [2.24, 2.45) is 10.7 Å². The van der Waals surface area contributed by atoms with Gasteiger partial charge in [-0.2, -0.15) is 0 Å². The first-order chi connectivity index (χ1) is 9.13. The second kappa shape index (κ2) is 17.2. The maximum absolute atomic E-state index is 5.39. The highest BCUT2D eigenvalue weighted by Crippen LogP contribution is 2.17. The number of aromatic nitrogens is 1. The summed E-state index contributed by atoms with van der Waals surface area (Å²) in [5.41, 5.74) is 5.39. The molecule has 0 saturated heterocycles. The van der Waals surface area contributed by atoms with Crippen molar-refractivity contribution in [3.05, 3.63) is 28.5 Å². The van der Waals surface area contributed by atoms with Crippen LogP contribution in [0.1, 0.15) is 51.4 Å². The monoisotopic (exact) mass is 303 g/mol. The number of thioether (sulfide) groups is 1. The number of rotatable bonds is 2. The number of aryl methyl sites for hydroxylation is 1. The molecule has 0 saturated carbocycles. The third-order valence-electron chi connectivity index (χ3n) is 1.24. The molecule has 0 aromatic carbocycles. The van der Waals surface area contributed by atoms with E-state index in [9.17, 15) is 0 Å². The van der Waals surface area contributed by atoms with E-state index in [1.807, 2.05) is 60.9 Å². The van der Waals surface area contributed by atoms with E-state index in [4.69, 9.17) is 5.73 Å². The topological polar surface area (TPSA) is 51.3 Å². The zero-order valence-corrected chi connectivity index (χ0v) is 15.2. The normalized spacial score (nSPS) is 8.95. The summed E-state index contributed by atoms with van der Waals surface area (Å²) >= 11 is 3.12. The summed E-state index contributed by atoms with van der Waals surface area (Å²) in [6.07, 6.45) is 3.77. The van der Waals surface area contributed by atoms with E-state index in [1.54, 1.807) is 11.3 Å². The van der Waals surface area contributed by atoms with Crippen LogP contribution in [0.2, 0.25) is 0 Å². The van der Waals surface area contributed by atoms with Gasteiger partial charge in [-0.3, -0.25) is 0 Å². The Morgan fingerprint density at radius 1 is 1.26 bits per heavy atom. The third-order valence-corrected chi connectivity index (χ3v) is 2.96. The minimum Gasteiger partial charge on any atom is -0.384 e. The third kappa shape index (κ3) is 12.0. The van der Waals surface area contributed by atoms with E-state index in [2.05, 4.69) is 16.6 Å². The van der Waals surface area contributed by atoms with Crippen molar-refractivity contribution in [1.82, 2.24) is 4.98 Å². The average molecular weight is 304 g/mol. The second-order valence-corrected chi connectivity index (χ2v) is 4.42. The first kappa shape index (κ1) is 23.3. The lowest BCUT2D eigenvalue weighted by molar-refractivity contribution is 1.26. The molecule has 0 radical (unpaired) electrons. The summed E-state index contributed by atoms with van der Waals surface area (Å²) in [5, 5.41) is 1.72. The molecule has 5 heteroatoms. The van der Waals surface area contributed by atoms with Crippen LogP contribution in [0.4, 0.5) is 0 Å². The van der Waals surface area contributed by atoms with Crippen LogP contribution in [0.15, 0.2) is 23.6 Å². The van der Waals surface area contributed by atoms with Crippen molar-refractivity contribution in [2.45, 2.75) is 48.5 Å². The van der Waals surface area contributed by atoms with Crippen LogP contribution in [0.25, 0.3) is 0 Å². The molecule has 0 amide bonds. The van der Waals surface area contributed by atoms with E-state index in [0.29, 0.717) is 5.82 Å². The Morgan fingerprint density at radius 2 is 1.74 bits per heavy atom. The Labute approximate surface area is 127 Å². The highest BCUT2D eigenvalue weighted by Gasteiger charge is 2.06. The van der Waals surface area contributed by atoms with Gasteiger partial charge in [0.05, 0.1) is 0 Å². The summed E-state index contributed by atoms with van der Waals surface area (Å²) in [5.74, 6) is 0.317. The lowest BCUT2D eigenvalue weighted by Crippen LogP contribution is -1.98. The largest absolute Gasteiger partial charge is 0.384 e. The minimum absolute atomic E-state index is 0.317. The minimum atomic E-state index is 0.317. The summed E-state index contributed by atoms with van der Waals surface area (Å²) in [4.78, 5) is 9.47. The number of aliphatic imine (C=N–C) groups is 1. The number of thiazole rings is 1.